The van der Waals surface area contributed by atoms with Crippen molar-refractivity contribution in [2.75, 3.05) is 35.2 Å². The summed E-state index contributed by atoms with van der Waals surface area (Å²) in [5.41, 5.74) is 0.710. The zero-order valence-corrected chi connectivity index (χ0v) is 15.0. The van der Waals surface area contributed by atoms with Crippen molar-refractivity contribution in [2.45, 2.75) is 19.8 Å². The topological polar surface area (TPSA) is 70.2 Å². The SMILES string of the molecule is CC1CCCN(c2cc(NCC(=O)Nc3ccc(Cl)cc3)ncn2)C1. The third-order valence-electron chi connectivity index (χ3n) is 4.19. The number of rotatable bonds is 5. The van der Waals surface area contributed by atoms with Crippen LogP contribution in [0.2, 0.25) is 5.02 Å². The first-order valence-corrected chi connectivity index (χ1v) is 8.84. The summed E-state index contributed by atoms with van der Waals surface area (Å²) in [6.45, 7) is 4.41. The molecule has 2 aromatic rings. The number of piperidine rings is 1. The predicted molar refractivity (Wildman–Crippen MR) is 101 cm³/mol. The Labute approximate surface area is 152 Å². The van der Waals surface area contributed by atoms with E-state index in [1.807, 2.05) is 6.07 Å². The first kappa shape index (κ1) is 17.5. The summed E-state index contributed by atoms with van der Waals surface area (Å²) >= 11 is 5.83. The molecule has 0 radical (unpaired) electrons. The molecule has 1 atom stereocenters. The molecule has 3 rings (SSSR count). The van der Waals surface area contributed by atoms with Crippen molar-refractivity contribution in [2.24, 2.45) is 5.92 Å². The lowest BCUT2D eigenvalue weighted by Gasteiger charge is -2.31. The van der Waals surface area contributed by atoms with E-state index in [2.05, 4.69) is 32.4 Å². The van der Waals surface area contributed by atoms with Crippen molar-refractivity contribution in [3.8, 4) is 0 Å². The fourth-order valence-electron chi connectivity index (χ4n) is 2.92. The van der Waals surface area contributed by atoms with Crippen molar-refractivity contribution < 1.29 is 4.79 Å². The Hall–Kier alpha value is -2.34. The number of carbonyl (C=O) groups excluding carboxylic acids is 1. The highest BCUT2D eigenvalue weighted by molar-refractivity contribution is 6.30. The van der Waals surface area contributed by atoms with E-state index >= 15 is 0 Å². The number of benzene rings is 1. The second-order valence-electron chi connectivity index (χ2n) is 6.36. The number of carbonyl (C=O) groups is 1. The Morgan fingerprint density at radius 3 is 2.88 bits per heavy atom. The Morgan fingerprint density at radius 1 is 1.32 bits per heavy atom. The van der Waals surface area contributed by atoms with E-state index in [-0.39, 0.29) is 12.5 Å². The van der Waals surface area contributed by atoms with Gasteiger partial charge in [0.25, 0.3) is 0 Å². The average Bonchev–Trinajstić information content (AvgIpc) is 2.62. The third kappa shape index (κ3) is 5.06. The van der Waals surface area contributed by atoms with Gasteiger partial charge in [-0.25, -0.2) is 9.97 Å². The number of anilines is 3. The molecule has 1 amide bonds. The first-order chi connectivity index (χ1) is 12.1. The maximum absolute atomic E-state index is 12.0. The summed E-state index contributed by atoms with van der Waals surface area (Å²) < 4.78 is 0. The zero-order chi connectivity index (χ0) is 17.6. The van der Waals surface area contributed by atoms with E-state index in [1.54, 1.807) is 24.3 Å². The average molecular weight is 360 g/mol. The Balaban J connectivity index is 1.55. The van der Waals surface area contributed by atoms with Crippen LogP contribution in [-0.4, -0.2) is 35.5 Å². The molecule has 0 saturated carbocycles. The summed E-state index contributed by atoms with van der Waals surface area (Å²) in [5.74, 6) is 2.08. The molecule has 2 N–H and O–H groups in total. The van der Waals surface area contributed by atoms with Gasteiger partial charge in [-0.05, 0) is 43.0 Å². The molecule has 0 spiro atoms. The van der Waals surface area contributed by atoms with Crippen LogP contribution in [0.1, 0.15) is 19.8 Å². The van der Waals surface area contributed by atoms with E-state index < -0.39 is 0 Å². The number of halogens is 1. The van der Waals surface area contributed by atoms with Crippen LogP contribution in [-0.2, 0) is 4.79 Å². The van der Waals surface area contributed by atoms with Gasteiger partial charge in [0.2, 0.25) is 5.91 Å². The smallest absolute Gasteiger partial charge is 0.243 e. The fraction of sp³-hybridized carbons (Fsp3) is 0.389. The lowest BCUT2D eigenvalue weighted by atomic mass is 10.0. The van der Waals surface area contributed by atoms with Crippen LogP contribution >= 0.6 is 11.6 Å². The zero-order valence-electron chi connectivity index (χ0n) is 14.2. The Kier molecular flexibility index (Phi) is 5.71. The molecule has 6 nitrogen and oxygen atoms in total. The highest BCUT2D eigenvalue weighted by Crippen LogP contribution is 2.22. The molecule has 1 saturated heterocycles. The highest BCUT2D eigenvalue weighted by atomic mass is 35.5. The van der Waals surface area contributed by atoms with Crippen LogP contribution in [0, 0.1) is 5.92 Å². The van der Waals surface area contributed by atoms with Crippen molar-refractivity contribution in [3.05, 3.63) is 41.7 Å². The van der Waals surface area contributed by atoms with Crippen molar-refractivity contribution >= 4 is 34.8 Å². The van der Waals surface area contributed by atoms with E-state index in [1.165, 1.54) is 19.2 Å². The van der Waals surface area contributed by atoms with Crippen LogP contribution < -0.4 is 15.5 Å². The van der Waals surface area contributed by atoms with E-state index in [4.69, 9.17) is 11.6 Å². The van der Waals surface area contributed by atoms with Crippen molar-refractivity contribution in [1.29, 1.82) is 0 Å². The largest absolute Gasteiger partial charge is 0.361 e. The number of nitrogens with one attached hydrogen (secondary N) is 2. The molecule has 0 aliphatic carbocycles. The fourth-order valence-corrected chi connectivity index (χ4v) is 3.05. The molecule has 1 aromatic carbocycles. The van der Waals surface area contributed by atoms with E-state index in [0.717, 1.165) is 18.9 Å². The second-order valence-corrected chi connectivity index (χ2v) is 6.80. The van der Waals surface area contributed by atoms with Crippen LogP contribution in [0.3, 0.4) is 0 Å². The summed E-state index contributed by atoms with van der Waals surface area (Å²) in [5, 5.41) is 6.50. The Morgan fingerprint density at radius 2 is 2.12 bits per heavy atom. The van der Waals surface area contributed by atoms with Crippen LogP contribution in [0.15, 0.2) is 36.7 Å². The quantitative estimate of drug-likeness (QED) is 0.856. The summed E-state index contributed by atoms with van der Waals surface area (Å²) in [4.78, 5) is 22.9. The monoisotopic (exact) mass is 359 g/mol. The number of amides is 1. The van der Waals surface area contributed by atoms with Crippen LogP contribution in [0.5, 0.6) is 0 Å². The van der Waals surface area contributed by atoms with Gasteiger partial charge in [0.05, 0.1) is 6.54 Å². The predicted octanol–water partition coefficient (Wildman–Crippen LogP) is 3.42. The molecule has 1 fully saturated rings. The van der Waals surface area contributed by atoms with Gasteiger partial charge in [0.15, 0.2) is 0 Å². The molecule has 7 heteroatoms. The molecule has 132 valence electrons. The van der Waals surface area contributed by atoms with Gasteiger partial charge in [-0.3, -0.25) is 4.79 Å². The standard InChI is InChI=1S/C18H22ClN5O/c1-13-3-2-8-24(11-13)17-9-16(21-12-22-17)20-10-18(25)23-15-6-4-14(19)5-7-15/h4-7,9,12-13H,2-3,8,10-11H2,1H3,(H,23,25)(H,20,21,22). The van der Waals surface area contributed by atoms with Crippen LogP contribution in [0.4, 0.5) is 17.3 Å². The summed E-state index contributed by atoms with van der Waals surface area (Å²) in [6, 6.07) is 8.90. The molecule has 1 unspecified atom stereocenters. The first-order valence-electron chi connectivity index (χ1n) is 8.46. The molecule has 2 heterocycles. The van der Waals surface area contributed by atoms with Gasteiger partial charge in [0.1, 0.15) is 18.0 Å². The molecule has 0 bridgehead atoms. The highest BCUT2D eigenvalue weighted by Gasteiger charge is 2.18. The number of nitrogens with zero attached hydrogens (tertiary/aromatic N) is 3. The molecule has 1 aliphatic rings. The number of aromatic nitrogens is 2. The lowest BCUT2D eigenvalue weighted by molar-refractivity contribution is -0.114. The second kappa shape index (κ2) is 8.16. The van der Waals surface area contributed by atoms with Gasteiger partial charge in [-0.15, -0.1) is 0 Å². The molecule has 1 aliphatic heterocycles. The normalized spacial score (nSPS) is 17.2. The number of hydrogen-bond acceptors (Lipinski definition) is 5. The van der Waals surface area contributed by atoms with Gasteiger partial charge in [-0.1, -0.05) is 18.5 Å². The minimum atomic E-state index is -0.144. The summed E-state index contributed by atoms with van der Waals surface area (Å²) in [6.07, 6.45) is 3.98. The minimum Gasteiger partial charge on any atom is -0.361 e. The van der Waals surface area contributed by atoms with E-state index in [9.17, 15) is 4.79 Å². The molecular formula is C18H22ClN5O. The minimum absolute atomic E-state index is 0.134. The van der Waals surface area contributed by atoms with Gasteiger partial charge in [-0.2, -0.15) is 0 Å². The van der Waals surface area contributed by atoms with Crippen molar-refractivity contribution in [3.63, 3.8) is 0 Å². The molecule has 1 aromatic heterocycles. The molecular weight excluding hydrogens is 338 g/mol. The Bertz CT molecular complexity index is 722. The third-order valence-corrected chi connectivity index (χ3v) is 4.44. The van der Waals surface area contributed by atoms with Gasteiger partial charge >= 0.3 is 0 Å². The molecule has 25 heavy (non-hydrogen) atoms. The van der Waals surface area contributed by atoms with E-state index in [0.29, 0.717) is 22.4 Å². The maximum Gasteiger partial charge on any atom is 0.243 e. The van der Waals surface area contributed by atoms with Crippen LogP contribution in [0.25, 0.3) is 0 Å². The lowest BCUT2D eigenvalue weighted by Crippen LogP contribution is -2.34. The van der Waals surface area contributed by atoms with Crippen molar-refractivity contribution in [1.82, 2.24) is 9.97 Å². The maximum atomic E-state index is 12.0. The number of hydrogen-bond donors (Lipinski definition) is 2. The van der Waals surface area contributed by atoms with Gasteiger partial charge in [0, 0.05) is 29.9 Å². The van der Waals surface area contributed by atoms with Gasteiger partial charge < -0.3 is 15.5 Å². The summed E-state index contributed by atoms with van der Waals surface area (Å²) in [7, 11) is 0.